The SMILES string of the molecule is Cc1ccc(COc2cccc(CC(CN)c3ccccc3F)c2)cc1. The maximum Gasteiger partial charge on any atom is 0.126 e. The summed E-state index contributed by atoms with van der Waals surface area (Å²) in [6.07, 6.45) is 0.680. The number of hydrogen-bond acceptors (Lipinski definition) is 2. The molecule has 0 heterocycles. The van der Waals surface area contributed by atoms with Crippen LogP contribution in [0.3, 0.4) is 0 Å². The fraction of sp³-hybridized carbons (Fsp3) is 0.217. The van der Waals surface area contributed by atoms with E-state index in [2.05, 4.69) is 31.2 Å². The van der Waals surface area contributed by atoms with E-state index in [9.17, 15) is 4.39 Å². The van der Waals surface area contributed by atoms with Gasteiger partial charge in [0.15, 0.2) is 0 Å². The van der Waals surface area contributed by atoms with E-state index in [0.29, 0.717) is 25.1 Å². The lowest BCUT2D eigenvalue weighted by molar-refractivity contribution is 0.306. The van der Waals surface area contributed by atoms with E-state index in [1.165, 1.54) is 11.6 Å². The number of ether oxygens (including phenoxy) is 1. The van der Waals surface area contributed by atoms with E-state index >= 15 is 0 Å². The van der Waals surface area contributed by atoms with Gasteiger partial charge in [-0.3, -0.25) is 0 Å². The van der Waals surface area contributed by atoms with Gasteiger partial charge in [0.25, 0.3) is 0 Å². The molecule has 0 spiro atoms. The number of nitrogens with two attached hydrogens (primary N) is 1. The molecule has 3 aromatic rings. The minimum Gasteiger partial charge on any atom is -0.489 e. The molecule has 0 saturated heterocycles. The Morgan fingerprint density at radius 2 is 1.69 bits per heavy atom. The van der Waals surface area contributed by atoms with Gasteiger partial charge in [0.2, 0.25) is 0 Å². The Morgan fingerprint density at radius 3 is 2.42 bits per heavy atom. The van der Waals surface area contributed by atoms with Gasteiger partial charge in [-0.25, -0.2) is 4.39 Å². The highest BCUT2D eigenvalue weighted by Crippen LogP contribution is 2.24. The monoisotopic (exact) mass is 349 g/mol. The molecular weight excluding hydrogens is 325 g/mol. The van der Waals surface area contributed by atoms with Crippen LogP contribution in [0.1, 0.15) is 28.2 Å². The van der Waals surface area contributed by atoms with Crippen LogP contribution < -0.4 is 10.5 Å². The molecule has 3 aromatic carbocycles. The molecule has 0 aromatic heterocycles. The van der Waals surface area contributed by atoms with Crippen molar-refractivity contribution in [1.82, 2.24) is 0 Å². The van der Waals surface area contributed by atoms with Crippen LogP contribution in [0.4, 0.5) is 4.39 Å². The molecule has 2 nitrogen and oxygen atoms in total. The molecule has 134 valence electrons. The summed E-state index contributed by atoms with van der Waals surface area (Å²) < 4.78 is 20.0. The summed E-state index contributed by atoms with van der Waals surface area (Å²) in [6, 6.07) is 23.1. The van der Waals surface area contributed by atoms with Crippen LogP contribution in [0.25, 0.3) is 0 Å². The van der Waals surface area contributed by atoms with Gasteiger partial charge < -0.3 is 10.5 Å². The fourth-order valence-corrected chi connectivity index (χ4v) is 3.02. The van der Waals surface area contributed by atoms with Gasteiger partial charge in [0, 0.05) is 5.92 Å². The molecule has 26 heavy (non-hydrogen) atoms. The van der Waals surface area contributed by atoms with Crippen LogP contribution in [-0.4, -0.2) is 6.54 Å². The number of rotatable bonds is 7. The van der Waals surface area contributed by atoms with Gasteiger partial charge in [0.05, 0.1) is 0 Å². The predicted molar refractivity (Wildman–Crippen MR) is 104 cm³/mol. The Hall–Kier alpha value is -2.65. The van der Waals surface area contributed by atoms with Crippen molar-refractivity contribution in [2.24, 2.45) is 5.73 Å². The lowest BCUT2D eigenvalue weighted by atomic mass is 9.91. The third kappa shape index (κ3) is 4.70. The molecule has 1 unspecified atom stereocenters. The summed E-state index contributed by atoms with van der Waals surface area (Å²) in [5, 5.41) is 0. The fourth-order valence-electron chi connectivity index (χ4n) is 3.02. The quantitative estimate of drug-likeness (QED) is 0.651. The maximum atomic E-state index is 14.1. The molecule has 1 atom stereocenters. The summed E-state index contributed by atoms with van der Waals surface area (Å²) in [5.41, 5.74) is 10.0. The van der Waals surface area contributed by atoms with Gasteiger partial charge in [0.1, 0.15) is 18.2 Å². The summed E-state index contributed by atoms with van der Waals surface area (Å²) >= 11 is 0. The van der Waals surface area contributed by atoms with E-state index in [4.69, 9.17) is 10.5 Å². The van der Waals surface area contributed by atoms with Gasteiger partial charge in [-0.15, -0.1) is 0 Å². The molecule has 0 bridgehead atoms. The van der Waals surface area contributed by atoms with E-state index in [1.807, 2.05) is 36.4 Å². The molecule has 0 aliphatic rings. The zero-order chi connectivity index (χ0) is 18.4. The molecule has 3 heteroatoms. The molecule has 0 aliphatic carbocycles. The van der Waals surface area contributed by atoms with Crippen molar-refractivity contribution in [3.05, 3.63) is 101 Å². The first-order valence-corrected chi connectivity index (χ1v) is 8.87. The zero-order valence-corrected chi connectivity index (χ0v) is 15.0. The van der Waals surface area contributed by atoms with Crippen LogP contribution in [0.5, 0.6) is 5.75 Å². The highest BCUT2D eigenvalue weighted by atomic mass is 19.1. The Labute approximate surface area is 154 Å². The van der Waals surface area contributed by atoms with Crippen molar-refractivity contribution in [1.29, 1.82) is 0 Å². The van der Waals surface area contributed by atoms with Crippen LogP contribution in [-0.2, 0) is 13.0 Å². The first-order valence-electron chi connectivity index (χ1n) is 8.87. The molecule has 0 radical (unpaired) electrons. The molecule has 2 N–H and O–H groups in total. The lowest BCUT2D eigenvalue weighted by Crippen LogP contribution is -2.16. The topological polar surface area (TPSA) is 35.2 Å². The third-order valence-electron chi connectivity index (χ3n) is 4.54. The molecule has 0 fully saturated rings. The average molecular weight is 349 g/mol. The summed E-state index contributed by atoms with van der Waals surface area (Å²) in [4.78, 5) is 0. The second-order valence-corrected chi connectivity index (χ2v) is 6.58. The van der Waals surface area contributed by atoms with Gasteiger partial charge >= 0.3 is 0 Å². The summed E-state index contributed by atoms with van der Waals surface area (Å²) in [7, 11) is 0. The number of hydrogen-bond donors (Lipinski definition) is 1. The molecular formula is C23H24FNO. The molecule has 0 aliphatic heterocycles. The lowest BCUT2D eigenvalue weighted by Gasteiger charge is -2.17. The number of halogens is 1. The molecule has 0 saturated carbocycles. The van der Waals surface area contributed by atoms with E-state index in [-0.39, 0.29) is 11.7 Å². The standard InChI is InChI=1S/C23H24FNO/c1-17-9-11-18(12-10-17)16-26-21-6-4-5-19(14-21)13-20(15-25)22-7-2-3-8-23(22)24/h2-12,14,20H,13,15-16,25H2,1H3. The van der Waals surface area contributed by atoms with Gasteiger partial charge in [-0.1, -0.05) is 60.2 Å². The van der Waals surface area contributed by atoms with Crippen LogP contribution in [0, 0.1) is 12.7 Å². The Bertz CT molecular complexity index is 845. The van der Waals surface area contributed by atoms with Gasteiger partial charge in [-0.2, -0.15) is 0 Å². The molecule has 0 amide bonds. The third-order valence-corrected chi connectivity index (χ3v) is 4.54. The second kappa shape index (κ2) is 8.63. The van der Waals surface area contributed by atoms with Crippen molar-refractivity contribution in [2.75, 3.05) is 6.54 Å². The van der Waals surface area contributed by atoms with Crippen LogP contribution in [0.2, 0.25) is 0 Å². The number of benzene rings is 3. The zero-order valence-electron chi connectivity index (χ0n) is 15.0. The Morgan fingerprint density at radius 1 is 0.923 bits per heavy atom. The minimum absolute atomic E-state index is 0.0523. The smallest absolute Gasteiger partial charge is 0.126 e. The summed E-state index contributed by atoms with van der Waals surface area (Å²) in [5.74, 6) is 0.561. The Balaban J connectivity index is 1.68. The van der Waals surface area contributed by atoms with Crippen molar-refractivity contribution < 1.29 is 9.13 Å². The van der Waals surface area contributed by atoms with Crippen molar-refractivity contribution in [3.63, 3.8) is 0 Å². The molecule has 3 rings (SSSR count). The first-order chi connectivity index (χ1) is 12.7. The second-order valence-electron chi connectivity index (χ2n) is 6.58. The van der Waals surface area contributed by atoms with E-state index < -0.39 is 0 Å². The summed E-state index contributed by atoms with van der Waals surface area (Å²) in [6.45, 7) is 2.99. The number of aryl methyl sites for hydroxylation is 1. The van der Waals surface area contributed by atoms with Crippen molar-refractivity contribution in [2.45, 2.75) is 25.9 Å². The van der Waals surface area contributed by atoms with Crippen molar-refractivity contribution in [3.8, 4) is 5.75 Å². The normalized spacial score (nSPS) is 12.0. The largest absolute Gasteiger partial charge is 0.489 e. The van der Waals surface area contributed by atoms with Crippen LogP contribution >= 0.6 is 0 Å². The van der Waals surface area contributed by atoms with Crippen LogP contribution in [0.15, 0.2) is 72.8 Å². The van der Waals surface area contributed by atoms with E-state index in [0.717, 1.165) is 16.9 Å². The minimum atomic E-state index is -0.199. The predicted octanol–water partition coefficient (Wildman–Crippen LogP) is 5.00. The first kappa shape index (κ1) is 18.2. The average Bonchev–Trinajstić information content (AvgIpc) is 2.67. The highest BCUT2D eigenvalue weighted by molar-refractivity contribution is 5.32. The van der Waals surface area contributed by atoms with Crippen molar-refractivity contribution >= 4 is 0 Å². The Kier molecular flexibility index (Phi) is 6.03. The van der Waals surface area contributed by atoms with Gasteiger partial charge in [-0.05, 0) is 54.8 Å². The highest BCUT2D eigenvalue weighted by Gasteiger charge is 2.15. The maximum absolute atomic E-state index is 14.1. The van der Waals surface area contributed by atoms with E-state index in [1.54, 1.807) is 6.07 Å².